The second-order valence-corrected chi connectivity index (χ2v) is 6.95. The van der Waals surface area contributed by atoms with Gasteiger partial charge in [0.05, 0.1) is 12.1 Å². The van der Waals surface area contributed by atoms with Crippen LogP contribution >= 0.6 is 0 Å². The molecule has 1 atom stereocenters. The van der Waals surface area contributed by atoms with Crippen LogP contribution < -0.4 is 14.8 Å². The molecule has 7 heteroatoms. The average Bonchev–Trinajstić information content (AvgIpc) is 3.25. The molecule has 0 aliphatic carbocycles. The van der Waals surface area contributed by atoms with Crippen LogP contribution in [0.15, 0.2) is 42.5 Å². The number of carbonyl (C=O) groups excluding carboxylic acids is 2. The van der Waals surface area contributed by atoms with Crippen LogP contribution in [0.1, 0.15) is 28.8 Å². The average molecular weight is 366 g/mol. The fraction of sp³-hybridized carbons (Fsp3) is 0.300. The van der Waals surface area contributed by atoms with E-state index in [4.69, 9.17) is 14.2 Å². The van der Waals surface area contributed by atoms with Crippen LogP contribution in [0.2, 0.25) is 0 Å². The van der Waals surface area contributed by atoms with E-state index in [9.17, 15) is 9.59 Å². The van der Waals surface area contributed by atoms with Crippen LogP contribution in [0.3, 0.4) is 0 Å². The summed E-state index contributed by atoms with van der Waals surface area (Å²) in [5, 5.41) is 2.89. The Morgan fingerprint density at radius 1 is 1.11 bits per heavy atom. The van der Waals surface area contributed by atoms with Crippen LogP contribution in [0.25, 0.3) is 0 Å². The van der Waals surface area contributed by atoms with Gasteiger partial charge in [0.2, 0.25) is 6.79 Å². The maximum atomic E-state index is 12.8. The van der Waals surface area contributed by atoms with E-state index in [1.54, 1.807) is 29.2 Å². The van der Waals surface area contributed by atoms with E-state index in [-0.39, 0.29) is 18.8 Å². The minimum absolute atomic E-state index is 0.187. The number of amides is 2. The maximum absolute atomic E-state index is 12.8. The summed E-state index contributed by atoms with van der Waals surface area (Å²) in [6, 6.07) is 12.5. The Balaban J connectivity index is 1.36. The lowest BCUT2D eigenvalue weighted by atomic mass is 9.85. The van der Waals surface area contributed by atoms with E-state index in [1.165, 1.54) is 0 Å². The molecule has 2 aromatic carbocycles. The first-order valence-electron chi connectivity index (χ1n) is 8.93. The molecule has 138 valence electrons. The zero-order valence-corrected chi connectivity index (χ0v) is 14.6. The number of hydrogen-bond acceptors (Lipinski definition) is 5. The van der Waals surface area contributed by atoms with Crippen molar-refractivity contribution in [2.24, 2.45) is 0 Å². The van der Waals surface area contributed by atoms with E-state index >= 15 is 0 Å². The third-order valence-corrected chi connectivity index (χ3v) is 5.29. The third kappa shape index (κ3) is 2.58. The van der Waals surface area contributed by atoms with Crippen LogP contribution in [-0.2, 0) is 10.3 Å². The predicted octanol–water partition coefficient (Wildman–Crippen LogP) is 3.11. The molecule has 3 heterocycles. The summed E-state index contributed by atoms with van der Waals surface area (Å²) in [7, 11) is 0. The molecule has 3 aliphatic rings. The number of benzene rings is 2. The SMILES string of the molecule is O=C1OC2(CCCN(C(=O)Nc3ccc4c(c3)OCO4)C2)c2ccccc21. The Bertz CT molecular complexity index is 944. The van der Waals surface area contributed by atoms with Gasteiger partial charge in [0.15, 0.2) is 17.1 Å². The first-order chi connectivity index (χ1) is 13.1. The topological polar surface area (TPSA) is 77.1 Å². The van der Waals surface area contributed by atoms with Gasteiger partial charge in [-0.3, -0.25) is 0 Å². The summed E-state index contributed by atoms with van der Waals surface area (Å²) in [6.07, 6.45) is 1.47. The molecule has 2 amide bonds. The molecular formula is C20H18N2O5. The summed E-state index contributed by atoms with van der Waals surface area (Å²) in [4.78, 5) is 26.7. The Labute approximate surface area is 155 Å². The summed E-state index contributed by atoms with van der Waals surface area (Å²) < 4.78 is 16.4. The minimum atomic E-state index is -0.752. The van der Waals surface area contributed by atoms with Gasteiger partial charge in [-0.15, -0.1) is 0 Å². The van der Waals surface area contributed by atoms with Gasteiger partial charge >= 0.3 is 12.0 Å². The molecule has 7 nitrogen and oxygen atoms in total. The summed E-state index contributed by atoms with van der Waals surface area (Å²) in [5.74, 6) is 0.963. The molecular weight excluding hydrogens is 348 g/mol. The maximum Gasteiger partial charge on any atom is 0.339 e. The molecule has 1 saturated heterocycles. The molecule has 1 N–H and O–H groups in total. The predicted molar refractivity (Wildman–Crippen MR) is 95.9 cm³/mol. The van der Waals surface area contributed by atoms with E-state index in [1.807, 2.05) is 18.2 Å². The van der Waals surface area contributed by atoms with Crippen LogP contribution in [0.4, 0.5) is 10.5 Å². The van der Waals surface area contributed by atoms with E-state index in [0.717, 1.165) is 12.0 Å². The van der Waals surface area contributed by atoms with Crippen molar-refractivity contribution in [3.63, 3.8) is 0 Å². The highest BCUT2D eigenvalue weighted by Crippen LogP contribution is 2.43. The molecule has 1 spiro atoms. The van der Waals surface area contributed by atoms with Crippen LogP contribution in [0, 0.1) is 0 Å². The van der Waals surface area contributed by atoms with Gasteiger partial charge in [-0.1, -0.05) is 18.2 Å². The minimum Gasteiger partial charge on any atom is -0.454 e. The zero-order chi connectivity index (χ0) is 18.4. The number of rotatable bonds is 1. The van der Waals surface area contributed by atoms with Crippen molar-refractivity contribution in [3.8, 4) is 11.5 Å². The van der Waals surface area contributed by atoms with Gasteiger partial charge in [0, 0.05) is 23.9 Å². The van der Waals surface area contributed by atoms with E-state index in [0.29, 0.717) is 42.3 Å². The monoisotopic (exact) mass is 366 g/mol. The molecule has 1 unspecified atom stereocenters. The number of nitrogens with zero attached hydrogens (tertiary/aromatic N) is 1. The van der Waals surface area contributed by atoms with Crippen LogP contribution in [0.5, 0.6) is 11.5 Å². The van der Waals surface area contributed by atoms with Crippen molar-refractivity contribution in [1.29, 1.82) is 0 Å². The molecule has 0 aromatic heterocycles. The standard InChI is InChI=1S/C20H18N2O5/c23-18-14-4-1-2-5-15(14)20(27-18)8-3-9-22(11-20)19(24)21-13-6-7-16-17(10-13)26-12-25-16/h1-2,4-7,10H,3,8-9,11-12H2,(H,21,24). The van der Waals surface area contributed by atoms with Gasteiger partial charge in [-0.05, 0) is 31.0 Å². The number of anilines is 1. The molecule has 27 heavy (non-hydrogen) atoms. The molecule has 1 fully saturated rings. The highest BCUT2D eigenvalue weighted by atomic mass is 16.7. The molecule has 0 bridgehead atoms. The first kappa shape index (κ1) is 16.0. The second-order valence-electron chi connectivity index (χ2n) is 6.95. The summed E-state index contributed by atoms with van der Waals surface area (Å²) in [6.45, 7) is 1.14. The van der Waals surface area contributed by atoms with Gasteiger partial charge in [-0.2, -0.15) is 0 Å². The van der Waals surface area contributed by atoms with Gasteiger partial charge in [-0.25, -0.2) is 9.59 Å². The Morgan fingerprint density at radius 2 is 1.96 bits per heavy atom. The number of carbonyl (C=O) groups is 2. The number of likely N-dealkylation sites (tertiary alicyclic amines) is 1. The van der Waals surface area contributed by atoms with E-state index in [2.05, 4.69) is 5.32 Å². The normalized spacial score (nSPS) is 22.5. The van der Waals surface area contributed by atoms with Gasteiger partial charge in [0.1, 0.15) is 0 Å². The lowest BCUT2D eigenvalue weighted by molar-refractivity contribution is -0.0400. The number of ether oxygens (including phenoxy) is 3. The number of fused-ring (bicyclic) bond motifs is 3. The van der Waals surface area contributed by atoms with Crippen LogP contribution in [-0.4, -0.2) is 36.8 Å². The molecule has 5 rings (SSSR count). The highest BCUT2D eigenvalue weighted by molar-refractivity contribution is 5.95. The van der Waals surface area contributed by atoms with Gasteiger partial charge < -0.3 is 24.4 Å². The fourth-order valence-electron chi connectivity index (χ4n) is 4.02. The number of urea groups is 1. The molecule has 0 radical (unpaired) electrons. The second kappa shape index (κ2) is 5.90. The summed E-state index contributed by atoms with van der Waals surface area (Å²) >= 11 is 0. The molecule has 3 aliphatic heterocycles. The molecule has 2 aromatic rings. The third-order valence-electron chi connectivity index (χ3n) is 5.29. The number of hydrogen-bond donors (Lipinski definition) is 1. The van der Waals surface area contributed by atoms with Gasteiger partial charge in [0.25, 0.3) is 0 Å². The fourth-order valence-corrected chi connectivity index (χ4v) is 4.02. The lowest BCUT2D eigenvalue weighted by Crippen LogP contribution is -2.50. The Kier molecular flexibility index (Phi) is 3.50. The Morgan fingerprint density at radius 3 is 2.89 bits per heavy atom. The number of piperidine rings is 1. The van der Waals surface area contributed by atoms with Crippen molar-refractivity contribution in [3.05, 3.63) is 53.6 Å². The van der Waals surface area contributed by atoms with Crippen molar-refractivity contribution in [2.45, 2.75) is 18.4 Å². The number of esters is 1. The smallest absolute Gasteiger partial charge is 0.339 e. The molecule has 0 saturated carbocycles. The Hall–Kier alpha value is -3.22. The van der Waals surface area contributed by atoms with Crippen molar-refractivity contribution >= 4 is 17.7 Å². The largest absolute Gasteiger partial charge is 0.454 e. The van der Waals surface area contributed by atoms with Crippen molar-refractivity contribution in [1.82, 2.24) is 4.90 Å². The lowest BCUT2D eigenvalue weighted by Gasteiger charge is -2.39. The number of nitrogens with one attached hydrogen (secondary N) is 1. The van der Waals surface area contributed by atoms with E-state index < -0.39 is 5.60 Å². The quantitative estimate of drug-likeness (QED) is 0.785. The zero-order valence-electron chi connectivity index (χ0n) is 14.6. The highest BCUT2D eigenvalue weighted by Gasteiger charge is 2.48. The first-order valence-corrected chi connectivity index (χ1v) is 8.93. The van der Waals surface area contributed by atoms with Crippen molar-refractivity contribution < 1.29 is 23.8 Å². The van der Waals surface area contributed by atoms with Crippen molar-refractivity contribution in [2.75, 3.05) is 25.2 Å². The summed E-state index contributed by atoms with van der Waals surface area (Å²) in [5.41, 5.74) is 1.34.